The fourth-order valence-electron chi connectivity index (χ4n) is 2.03. The van der Waals surface area contributed by atoms with Crippen LogP contribution in [0.1, 0.15) is 5.76 Å². The van der Waals surface area contributed by atoms with Crippen LogP contribution in [-0.4, -0.2) is 16.7 Å². The Morgan fingerprint density at radius 3 is 3.00 bits per heavy atom. The van der Waals surface area contributed by atoms with Crippen molar-refractivity contribution in [1.29, 1.82) is 0 Å². The van der Waals surface area contributed by atoms with Gasteiger partial charge in [0.25, 0.3) is 0 Å². The van der Waals surface area contributed by atoms with Crippen LogP contribution in [0.25, 0.3) is 11.0 Å². The Labute approximate surface area is 108 Å². The number of hydrogen-bond donors (Lipinski definition) is 1. The Bertz CT molecular complexity index is 719. The smallest absolute Gasteiger partial charge is 0.201 e. The third-order valence-corrected chi connectivity index (χ3v) is 2.95. The van der Waals surface area contributed by atoms with E-state index in [0.717, 1.165) is 5.76 Å². The van der Waals surface area contributed by atoms with Crippen molar-refractivity contribution in [2.45, 2.75) is 6.54 Å². The fraction of sp³-hybridized carbons (Fsp3) is 0.154. The quantitative estimate of drug-likeness (QED) is 0.786. The zero-order valence-corrected chi connectivity index (χ0v) is 10.3. The molecular weight excluding hydrogens is 249 g/mol. The molecule has 0 spiro atoms. The summed E-state index contributed by atoms with van der Waals surface area (Å²) in [5.41, 5.74) is 7.05. The number of rotatable bonds is 3. The van der Waals surface area contributed by atoms with E-state index in [1.54, 1.807) is 23.0 Å². The number of nitrogen functional groups attached to an aromatic ring is 1. The molecule has 2 N–H and O–H groups in total. The average Bonchev–Trinajstić information content (AvgIpc) is 2.98. The van der Waals surface area contributed by atoms with Crippen molar-refractivity contribution < 1.29 is 13.5 Å². The van der Waals surface area contributed by atoms with Crippen LogP contribution in [0, 0.1) is 5.82 Å². The predicted octanol–water partition coefficient (Wildman–Crippen LogP) is 2.41. The Morgan fingerprint density at radius 2 is 2.32 bits per heavy atom. The lowest BCUT2D eigenvalue weighted by Crippen LogP contribution is -2.04. The first kappa shape index (κ1) is 11.6. The van der Waals surface area contributed by atoms with Crippen LogP contribution in [-0.2, 0) is 6.54 Å². The van der Waals surface area contributed by atoms with E-state index in [1.165, 1.54) is 13.2 Å². The number of anilines is 1. The minimum atomic E-state index is -0.461. The van der Waals surface area contributed by atoms with Gasteiger partial charge in [-0.25, -0.2) is 9.37 Å². The van der Waals surface area contributed by atoms with E-state index in [9.17, 15) is 4.39 Å². The number of nitrogens with zero attached hydrogens (tertiary/aromatic N) is 2. The Morgan fingerprint density at radius 1 is 1.47 bits per heavy atom. The van der Waals surface area contributed by atoms with Gasteiger partial charge in [0.05, 0.1) is 31.0 Å². The average molecular weight is 261 g/mol. The molecule has 6 heteroatoms. The molecule has 0 saturated heterocycles. The van der Waals surface area contributed by atoms with Crippen LogP contribution in [0.3, 0.4) is 0 Å². The second kappa shape index (κ2) is 4.31. The van der Waals surface area contributed by atoms with E-state index in [4.69, 9.17) is 14.9 Å². The van der Waals surface area contributed by atoms with Crippen LogP contribution < -0.4 is 10.5 Å². The van der Waals surface area contributed by atoms with Crippen molar-refractivity contribution in [3.05, 3.63) is 42.1 Å². The van der Waals surface area contributed by atoms with E-state index in [1.807, 2.05) is 6.07 Å². The number of nitrogens with two attached hydrogens (primary N) is 1. The van der Waals surface area contributed by atoms with Gasteiger partial charge < -0.3 is 19.5 Å². The molecule has 0 aliphatic carbocycles. The molecule has 0 bridgehead atoms. The maximum atomic E-state index is 13.6. The summed E-state index contributed by atoms with van der Waals surface area (Å²) in [6.07, 6.45) is 1.59. The highest BCUT2D eigenvalue weighted by Crippen LogP contribution is 2.26. The molecule has 3 aromatic rings. The number of aromatic nitrogens is 2. The van der Waals surface area contributed by atoms with Crippen molar-refractivity contribution in [3.8, 4) is 5.75 Å². The summed E-state index contributed by atoms with van der Waals surface area (Å²) in [5, 5.41) is 0. The maximum absolute atomic E-state index is 13.6. The molecule has 3 rings (SSSR count). The number of halogens is 1. The summed E-state index contributed by atoms with van der Waals surface area (Å²) in [6, 6.07) is 6.52. The van der Waals surface area contributed by atoms with Gasteiger partial charge in [-0.1, -0.05) is 0 Å². The minimum absolute atomic E-state index is 0.160. The SMILES string of the molecule is COc1cc2c(cc1F)nc(N)n2Cc1ccco1. The van der Waals surface area contributed by atoms with Crippen LogP contribution in [0.4, 0.5) is 10.3 Å². The van der Waals surface area contributed by atoms with Crippen molar-refractivity contribution in [2.75, 3.05) is 12.8 Å². The number of benzene rings is 1. The summed E-state index contributed by atoms with van der Waals surface area (Å²) >= 11 is 0. The molecule has 19 heavy (non-hydrogen) atoms. The van der Waals surface area contributed by atoms with Crippen LogP contribution in [0.15, 0.2) is 34.9 Å². The fourth-order valence-corrected chi connectivity index (χ4v) is 2.03. The molecule has 2 heterocycles. The molecule has 0 atom stereocenters. The Hall–Kier alpha value is -2.50. The van der Waals surface area contributed by atoms with Crippen LogP contribution >= 0.6 is 0 Å². The van der Waals surface area contributed by atoms with Gasteiger partial charge in [0.1, 0.15) is 5.76 Å². The molecule has 0 fully saturated rings. The lowest BCUT2D eigenvalue weighted by molar-refractivity contribution is 0.387. The van der Waals surface area contributed by atoms with Crippen molar-refractivity contribution in [1.82, 2.24) is 9.55 Å². The second-order valence-corrected chi connectivity index (χ2v) is 4.11. The van der Waals surface area contributed by atoms with E-state index in [0.29, 0.717) is 23.5 Å². The number of imidazole rings is 1. The third-order valence-electron chi connectivity index (χ3n) is 2.95. The van der Waals surface area contributed by atoms with Crippen molar-refractivity contribution >= 4 is 17.0 Å². The first-order valence-electron chi connectivity index (χ1n) is 5.70. The van der Waals surface area contributed by atoms with Gasteiger partial charge >= 0.3 is 0 Å². The first-order chi connectivity index (χ1) is 9.19. The first-order valence-corrected chi connectivity index (χ1v) is 5.70. The summed E-state index contributed by atoms with van der Waals surface area (Å²) < 4.78 is 25.6. The maximum Gasteiger partial charge on any atom is 0.201 e. The Balaban J connectivity index is 2.15. The molecule has 0 amide bonds. The molecule has 2 aromatic heterocycles. The minimum Gasteiger partial charge on any atom is -0.494 e. The van der Waals surface area contributed by atoms with Crippen LogP contribution in [0.5, 0.6) is 5.75 Å². The number of ether oxygens (including phenoxy) is 1. The van der Waals surface area contributed by atoms with Crippen LogP contribution in [0.2, 0.25) is 0 Å². The highest BCUT2D eigenvalue weighted by atomic mass is 19.1. The standard InChI is InChI=1S/C13H12FN3O2/c1-18-12-6-11-10(5-9(12)14)16-13(15)17(11)7-8-3-2-4-19-8/h2-6H,7H2,1H3,(H2,15,16). The molecule has 0 unspecified atom stereocenters. The van der Waals surface area contributed by atoms with Crippen molar-refractivity contribution in [2.24, 2.45) is 0 Å². The number of furan rings is 1. The molecule has 98 valence electrons. The summed E-state index contributed by atoms with van der Waals surface area (Å²) in [5.74, 6) is 0.749. The lowest BCUT2D eigenvalue weighted by Gasteiger charge is -2.06. The van der Waals surface area contributed by atoms with Gasteiger partial charge in [-0.15, -0.1) is 0 Å². The Kier molecular flexibility index (Phi) is 2.63. The molecular formula is C13H12FN3O2. The highest BCUT2D eigenvalue weighted by molar-refractivity contribution is 5.80. The van der Waals surface area contributed by atoms with E-state index < -0.39 is 5.82 Å². The zero-order valence-electron chi connectivity index (χ0n) is 10.3. The molecule has 0 aliphatic rings. The van der Waals surface area contributed by atoms with Gasteiger partial charge in [0.15, 0.2) is 11.6 Å². The number of fused-ring (bicyclic) bond motifs is 1. The van der Waals surface area contributed by atoms with Gasteiger partial charge in [0.2, 0.25) is 5.95 Å². The molecule has 0 aliphatic heterocycles. The van der Waals surface area contributed by atoms with E-state index in [2.05, 4.69) is 4.98 Å². The van der Waals surface area contributed by atoms with E-state index in [-0.39, 0.29) is 5.75 Å². The largest absolute Gasteiger partial charge is 0.494 e. The second-order valence-electron chi connectivity index (χ2n) is 4.11. The van der Waals surface area contributed by atoms with Crippen molar-refractivity contribution in [3.63, 3.8) is 0 Å². The van der Waals surface area contributed by atoms with Gasteiger partial charge in [-0.3, -0.25) is 0 Å². The summed E-state index contributed by atoms with van der Waals surface area (Å²) in [6.45, 7) is 0.435. The number of hydrogen-bond acceptors (Lipinski definition) is 4. The topological polar surface area (TPSA) is 66.2 Å². The third kappa shape index (κ3) is 1.91. The van der Waals surface area contributed by atoms with Gasteiger partial charge in [-0.05, 0) is 12.1 Å². The molecule has 0 radical (unpaired) electrons. The lowest BCUT2D eigenvalue weighted by atomic mass is 10.3. The zero-order chi connectivity index (χ0) is 13.4. The van der Waals surface area contributed by atoms with Gasteiger partial charge in [-0.2, -0.15) is 0 Å². The highest BCUT2D eigenvalue weighted by Gasteiger charge is 2.13. The number of methoxy groups -OCH3 is 1. The molecule has 1 aromatic carbocycles. The normalized spacial score (nSPS) is 11.1. The van der Waals surface area contributed by atoms with E-state index >= 15 is 0 Å². The van der Waals surface area contributed by atoms with Gasteiger partial charge in [0, 0.05) is 12.1 Å². The monoisotopic (exact) mass is 261 g/mol. The molecule has 0 saturated carbocycles. The summed E-state index contributed by atoms with van der Waals surface area (Å²) in [4.78, 5) is 4.13. The molecule has 5 nitrogen and oxygen atoms in total. The predicted molar refractivity (Wildman–Crippen MR) is 68.5 cm³/mol. The summed E-state index contributed by atoms with van der Waals surface area (Å²) in [7, 11) is 1.42.